The van der Waals surface area contributed by atoms with Crippen molar-refractivity contribution in [2.24, 2.45) is 0 Å². The molecule has 0 spiro atoms. The van der Waals surface area contributed by atoms with E-state index in [9.17, 15) is 0 Å². The molecule has 0 aromatic heterocycles. The minimum atomic E-state index is 0.402. The molecule has 0 amide bonds. The van der Waals surface area contributed by atoms with Gasteiger partial charge in [-0.3, -0.25) is 0 Å². The monoisotopic (exact) mass is 301 g/mol. The molecule has 1 nitrogen and oxygen atoms in total. The fourth-order valence-electron chi connectivity index (χ4n) is 2.99. The summed E-state index contributed by atoms with van der Waals surface area (Å²) in [5.41, 5.74) is 6.31. The second-order valence-electron chi connectivity index (χ2n) is 6.16. The van der Waals surface area contributed by atoms with Gasteiger partial charge in [-0.15, -0.1) is 0 Å². The van der Waals surface area contributed by atoms with Gasteiger partial charge in [-0.1, -0.05) is 60.7 Å². The summed E-state index contributed by atoms with van der Waals surface area (Å²) in [5, 5.41) is 0. The van der Waals surface area contributed by atoms with Crippen LogP contribution in [0.2, 0.25) is 0 Å². The minimum absolute atomic E-state index is 0.402. The Labute approximate surface area is 139 Å². The van der Waals surface area contributed by atoms with Crippen LogP contribution in [0.4, 0.5) is 11.4 Å². The fraction of sp³-hybridized carbons (Fsp3) is 0.182. The lowest BCUT2D eigenvalue weighted by Crippen LogP contribution is -2.26. The molecule has 0 saturated heterocycles. The molecule has 1 heteroatoms. The normalized spacial score (nSPS) is 10.8. The van der Waals surface area contributed by atoms with Gasteiger partial charge in [0.1, 0.15) is 0 Å². The van der Waals surface area contributed by atoms with Crippen LogP contribution < -0.4 is 4.90 Å². The Hall–Kier alpha value is -2.54. The molecule has 0 aliphatic carbocycles. The van der Waals surface area contributed by atoms with Crippen LogP contribution in [0.3, 0.4) is 0 Å². The standard InChI is InChI=1S/C22H23N/c1-17(2)23(22-12-8-7-9-18(22)3)21-15-13-20(14-16-21)19-10-5-4-6-11-19/h4-17H,1-3H3. The molecule has 0 aliphatic heterocycles. The van der Waals surface area contributed by atoms with Gasteiger partial charge in [-0.05, 0) is 55.7 Å². The average molecular weight is 301 g/mol. The number of anilines is 2. The lowest BCUT2D eigenvalue weighted by Gasteiger charge is -2.30. The largest absolute Gasteiger partial charge is 0.339 e. The number of para-hydroxylation sites is 1. The first-order chi connectivity index (χ1) is 11.2. The van der Waals surface area contributed by atoms with Gasteiger partial charge in [0.25, 0.3) is 0 Å². The summed E-state index contributed by atoms with van der Waals surface area (Å²) in [6.07, 6.45) is 0. The van der Waals surface area contributed by atoms with Crippen LogP contribution in [0.15, 0.2) is 78.9 Å². The molecule has 3 aromatic carbocycles. The molecule has 116 valence electrons. The van der Waals surface area contributed by atoms with Gasteiger partial charge in [0.15, 0.2) is 0 Å². The maximum Gasteiger partial charge on any atom is 0.0442 e. The molecule has 0 radical (unpaired) electrons. The molecule has 0 aliphatic rings. The molecule has 0 atom stereocenters. The van der Waals surface area contributed by atoms with E-state index >= 15 is 0 Å². The molecule has 0 saturated carbocycles. The van der Waals surface area contributed by atoms with Crippen LogP contribution in [0, 0.1) is 6.92 Å². The maximum absolute atomic E-state index is 2.39. The van der Waals surface area contributed by atoms with Crippen molar-refractivity contribution >= 4 is 11.4 Å². The van der Waals surface area contributed by atoms with E-state index in [2.05, 4.69) is 105 Å². The quantitative estimate of drug-likeness (QED) is 0.554. The van der Waals surface area contributed by atoms with Gasteiger partial charge in [-0.25, -0.2) is 0 Å². The molecule has 0 N–H and O–H groups in total. The van der Waals surface area contributed by atoms with Gasteiger partial charge in [0, 0.05) is 17.4 Å². The van der Waals surface area contributed by atoms with Crippen molar-refractivity contribution in [2.75, 3.05) is 4.90 Å². The molecular formula is C22H23N. The number of rotatable bonds is 4. The van der Waals surface area contributed by atoms with Crippen LogP contribution >= 0.6 is 0 Å². The number of aryl methyl sites for hydroxylation is 1. The van der Waals surface area contributed by atoms with Crippen molar-refractivity contribution < 1.29 is 0 Å². The SMILES string of the molecule is Cc1ccccc1N(c1ccc(-c2ccccc2)cc1)C(C)C. The van der Waals surface area contributed by atoms with E-state index in [1.54, 1.807) is 0 Å². The second kappa shape index (κ2) is 6.70. The Balaban J connectivity index is 1.97. The zero-order valence-corrected chi connectivity index (χ0v) is 14.0. The lowest BCUT2D eigenvalue weighted by atomic mass is 10.0. The summed E-state index contributed by atoms with van der Waals surface area (Å²) in [5.74, 6) is 0. The van der Waals surface area contributed by atoms with E-state index in [1.165, 1.54) is 28.1 Å². The van der Waals surface area contributed by atoms with Crippen molar-refractivity contribution in [1.82, 2.24) is 0 Å². The first kappa shape index (κ1) is 15.4. The van der Waals surface area contributed by atoms with Crippen LogP contribution in [0.5, 0.6) is 0 Å². The van der Waals surface area contributed by atoms with E-state index < -0.39 is 0 Å². The molecular weight excluding hydrogens is 278 g/mol. The Kier molecular flexibility index (Phi) is 4.47. The highest BCUT2D eigenvalue weighted by atomic mass is 15.2. The first-order valence-electron chi connectivity index (χ1n) is 8.17. The summed E-state index contributed by atoms with van der Waals surface area (Å²) in [7, 11) is 0. The predicted octanol–water partition coefficient (Wildman–Crippen LogP) is 6.21. The average Bonchev–Trinajstić information content (AvgIpc) is 2.58. The van der Waals surface area contributed by atoms with Gasteiger partial charge < -0.3 is 4.90 Å². The zero-order valence-electron chi connectivity index (χ0n) is 14.0. The van der Waals surface area contributed by atoms with Crippen LogP contribution in [0.1, 0.15) is 19.4 Å². The Morgan fingerprint density at radius 2 is 1.22 bits per heavy atom. The third kappa shape index (κ3) is 3.29. The van der Waals surface area contributed by atoms with E-state index in [4.69, 9.17) is 0 Å². The second-order valence-corrected chi connectivity index (χ2v) is 6.16. The van der Waals surface area contributed by atoms with Crippen molar-refractivity contribution in [1.29, 1.82) is 0 Å². The van der Waals surface area contributed by atoms with E-state index in [0.29, 0.717) is 6.04 Å². The van der Waals surface area contributed by atoms with E-state index in [1.807, 2.05) is 0 Å². The molecule has 0 bridgehead atoms. The Morgan fingerprint density at radius 3 is 1.83 bits per heavy atom. The summed E-state index contributed by atoms with van der Waals surface area (Å²) >= 11 is 0. The summed E-state index contributed by atoms with van der Waals surface area (Å²) < 4.78 is 0. The predicted molar refractivity (Wildman–Crippen MR) is 100 cm³/mol. The number of benzene rings is 3. The van der Waals surface area contributed by atoms with Crippen molar-refractivity contribution in [3.05, 3.63) is 84.4 Å². The number of hydrogen-bond acceptors (Lipinski definition) is 1. The molecule has 0 heterocycles. The zero-order chi connectivity index (χ0) is 16.2. The third-order valence-electron chi connectivity index (χ3n) is 4.14. The highest BCUT2D eigenvalue weighted by Crippen LogP contribution is 2.32. The van der Waals surface area contributed by atoms with Crippen LogP contribution in [0.25, 0.3) is 11.1 Å². The van der Waals surface area contributed by atoms with Gasteiger partial charge in [0.2, 0.25) is 0 Å². The molecule has 0 fully saturated rings. The van der Waals surface area contributed by atoms with Crippen molar-refractivity contribution in [2.45, 2.75) is 26.8 Å². The van der Waals surface area contributed by atoms with Gasteiger partial charge in [-0.2, -0.15) is 0 Å². The fourth-order valence-corrected chi connectivity index (χ4v) is 2.99. The lowest BCUT2D eigenvalue weighted by molar-refractivity contribution is 0.786. The van der Waals surface area contributed by atoms with Crippen molar-refractivity contribution in [3.63, 3.8) is 0 Å². The van der Waals surface area contributed by atoms with Gasteiger partial charge in [0.05, 0.1) is 0 Å². The maximum atomic E-state index is 2.39. The number of hydrogen-bond donors (Lipinski definition) is 0. The molecule has 3 rings (SSSR count). The first-order valence-corrected chi connectivity index (χ1v) is 8.17. The van der Waals surface area contributed by atoms with E-state index in [-0.39, 0.29) is 0 Å². The highest BCUT2D eigenvalue weighted by Gasteiger charge is 2.14. The minimum Gasteiger partial charge on any atom is -0.339 e. The Morgan fingerprint density at radius 1 is 0.652 bits per heavy atom. The van der Waals surface area contributed by atoms with Crippen LogP contribution in [-0.2, 0) is 0 Å². The van der Waals surface area contributed by atoms with Crippen molar-refractivity contribution in [3.8, 4) is 11.1 Å². The third-order valence-corrected chi connectivity index (χ3v) is 4.14. The molecule has 3 aromatic rings. The molecule has 0 unspecified atom stereocenters. The van der Waals surface area contributed by atoms with Crippen LogP contribution in [-0.4, -0.2) is 6.04 Å². The number of nitrogens with zero attached hydrogens (tertiary/aromatic N) is 1. The summed E-state index contributed by atoms with van der Waals surface area (Å²) in [4.78, 5) is 2.39. The highest BCUT2D eigenvalue weighted by molar-refractivity contribution is 5.71. The smallest absolute Gasteiger partial charge is 0.0442 e. The van der Waals surface area contributed by atoms with E-state index in [0.717, 1.165) is 0 Å². The van der Waals surface area contributed by atoms with Gasteiger partial charge >= 0.3 is 0 Å². The summed E-state index contributed by atoms with van der Waals surface area (Å²) in [6, 6.07) is 28.3. The summed E-state index contributed by atoms with van der Waals surface area (Å²) in [6.45, 7) is 6.64. The topological polar surface area (TPSA) is 3.24 Å². The molecule has 23 heavy (non-hydrogen) atoms. The Bertz CT molecular complexity index is 757.